The van der Waals surface area contributed by atoms with Crippen LogP contribution >= 0.6 is 0 Å². The van der Waals surface area contributed by atoms with E-state index in [1.165, 1.54) is 4.90 Å². The Bertz CT molecular complexity index is 532. The van der Waals surface area contributed by atoms with Gasteiger partial charge < -0.3 is 10.0 Å². The average molecular weight is 281 g/mol. The SMILES string of the molecule is CCN(C(=O)Cc1c(C)nn(C)c1C)C(C)(C)C(=O)O. The Morgan fingerprint density at radius 1 is 1.35 bits per heavy atom. The number of amides is 1. The minimum atomic E-state index is -1.21. The maximum atomic E-state index is 12.4. The molecule has 0 spiro atoms. The molecule has 6 heteroatoms. The molecule has 1 heterocycles. The van der Waals surface area contributed by atoms with Crippen LogP contribution in [0.2, 0.25) is 0 Å². The van der Waals surface area contributed by atoms with Crippen molar-refractivity contribution >= 4 is 11.9 Å². The highest BCUT2D eigenvalue weighted by molar-refractivity contribution is 5.87. The van der Waals surface area contributed by atoms with Crippen molar-refractivity contribution < 1.29 is 14.7 Å². The molecule has 1 rings (SSSR count). The third-order valence-electron chi connectivity index (χ3n) is 3.80. The zero-order chi connectivity index (χ0) is 15.7. The van der Waals surface area contributed by atoms with Gasteiger partial charge in [-0.15, -0.1) is 0 Å². The van der Waals surface area contributed by atoms with Gasteiger partial charge in [0.1, 0.15) is 5.54 Å². The van der Waals surface area contributed by atoms with Gasteiger partial charge in [-0.1, -0.05) is 0 Å². The molecule has 112 valence electrons. The first-order valence-corrected chi connectivity index (χ1v) is 6.65. The number of carbonyl (C=O) groups excluding carboxylic acids is 1. The second-order valence-electron chi connectivity index (χ2n) is 5.45. The first-order chi connectivity index (χ1) is 9.12. The maximum Gasteiger partial charge on any atom is 0.329 e. The molecule has 0 atom stereocenters. The smallest absolute Gasteiger partial charge is 0.329 e. The number of aryl methyl sites for hydroxylation is 2. The number of carboxylic acid groups (broad SMARTS) is 1. The molecule has 0 aliphatic rings. The van der Waals surface area contributed by atoms with Crippen LogP contribution in [0.25, 0.3) is 0 Å². The lowest BCUT2D eigenvalue weighted by Gasteiger charge is -2.34. The molecule has 0 aliphatic heterocycles. The van der Waals surface area contributed by atoms with Crippen LogP contribution < -0.4 is 0 Å². The molecule has 0 unspecified atom stereocenters. The highest BCUT2D eigenvalue weighted by atomic mass is 16.4. The molecule has 0 saturated carbocycles. The van der Waals surface area contributed by atoms with Gasteiger partial charge >= 0.3 is 5.97 Å². The summed E-state index contributed by atoms with van der Waals surface area (Å²) in [7, 11) is 1.83. The molecule has 0 saturated heterocycles. The summed E-state index contributed by atoms with van der Waals surface area (Å²) in [5.74, 6) is -1.20. The summed E-state index contributed by atoms with van der Waals surface area (Å²) < 4.78 is 1.73. The Balaban J connectivity index is 3.02. The quantitative estimate of drug-likeness (QED) is 0.882. The molecule has 20 heavy (non-hydrogen) atoms. The Hall–Kier alpha value is -1.85. The van der Waals surface area contributed by atoms with Gasteiger partial charge in [-0.2, -0.15) is 5.10 Å². The van der Waals surface area contributed by atoms with E-state index in [0.29, 0.717) is 6.54 Å². The topological polar surface area (TPSA) is 75.4 Å². The second-order valence-corrected chi connectivity index (χ2v) is 5.45. The third kappa shape index (κ3) is 2.84. The molecule has 1 N–H and O–H groups in total. The van der Waals surface area contributed by atoms with Gasteiger partial charge in [0.2, 0.25) is 5.91 Å². The monoisotopic (exact) mass is 281 g/mol. The molecule has 1 amide bonds. The fourth-order valence-corrected chi connectivity index (χ4v) is 2.32. The largest absolute Gasteiger partial charge is 0.480 e. The minimum absolute atomic E-state index is 0.177. The molecule has 0 aromatic carbocycles. The maximum absolute atomic E-state index is 12.4. The summed E-state index contributed by atoms with van der Waals surface area (Å²) in [6.45, 7) is 8.98. The predicted octanol–water partition coefficient (Wildman–Crippen LogP) is 1.29. The molecular formula is C14H23N3O3. The Morgan fingerprint density at radius 2 is 1.90 bits per heavy atom. The van der Waals surface area contributed by atoms with Gasteiger partial charge in [-0.3, -0.25) is 9.48 Å². The van der Waals surface area contributed by atoms with Crippen molar-refractivity contribution in [1.82, 2.24) is 14.7 Å². The van der Waals surface area contributed by atoms with Gasteiger partial charge in [0.25, 0.3) is 0 Å². The number of hydrogen-bond acceptors (Lipinski definition) is 3. The number of aromatic nitrogens is 2. The van der Waals surface area contributed by atoms with E-state index in [-0.39, 0.29) is 12.3 Å². The van der Waals surface area contributed by atoms with Gasteiger partial charge in [0.15, 0.2) is 0 Å². The fraction of sp³-hybridized carbons (Fsp3) is 0.643. The Morgan fingerprint density at radius 3 is 2.25 bits per heavy atom. The Kier molecular flexibility index (Phi) is 4.57. The molecule has 0 bridgehead atoms. The van der Waals surface area contributed by atoms with E-state index in [1.54, 1.807) is 25.5 Å². The van der Waals surface area contributed by atoms with Crippen molar-refractivity contribution in [3.05, 3.63) is 17.0 Å². The molecule has 1 aromatic rings. The van der Waals surface area contributed by atoms with E-state index in [1.807, 2.05) is 20.9 Å². The fourth-order valence-electron chi connectivity index (χ4n) is 2.32. The first kappa shape index (κ1) is 16.2. The summed E-state index contributed by atoms with van der Waals surface area (Å²) in [6.07, 6.45) is 0.177. The number of aliphatic carboxylic acids is 1. The summed E-state index contributed by atoms with van der Waals surface area (Å²) in [5, 5.41) is 13.5. The van der Waals surface area contributed by atoms with Crippen LogP contribution in [0.1, 0.15) is 37.7 Å². The molecule has 0 fully saturated rings. The van der Waals surface area contributed by atoms with E-state index in [2.05, 4.69) is 5.10 Å². The van der Waals surface area contributed by atoms with Crippen LogP contribution in [0, 0.1) is 13.8 Å². The van der Waals surface area contributed by atoms with Gasteiger partial charge in [-0.05, 0) is 34.6 Å². The lowest BCUT2D eigenvalue weighted by atomic mass is 10.0. The van der Waals surface area contributed by atoms with Crippen LogP contribution in [-0.4, -0.2) is 43.7 Å². The predicted molar refractivity (Wildman–Crippen MR) is 75.5 cm³/mol. The highest BCUT2D eigenvalue weighted by Crippen LogP contribution is 2.19. The summed E-state index contributed by atoms with van der Waals surface area (Å²) >= 11 is 0. The third-order valence-corrected chi connectivity index (χ3v) is 3.80. The average Bonchev–Trinajstić information content (AvgIpc) is 2.56. The van der Waals surface area contributed by atoms with Crippen LogP contribution in [0.15, 0.2) is 0 Å². The highest BCUT2D eigenvalue weighted by Gasteiger charge is 2.37. The minimum Gasteiger partial charge on any atom is -0.480 e. The molecule has 6 nitrogen and oxygen atoms in total. The zero-order valence-electron chi connectivity index (χ0n) is 13.0. The number of nitrogens with zero attached hydrogens (tertiary/aromatic N) is 3. The first-order valence-electron chi connectivity index (χ1n) is 6.65. The summed E-state index contributed by atoms with van der Waals surface area (Å²) in [6, 6.07) is 0. The van der Waals surface area contributed by atoms with Crippen LogP contribution in [0.5, 0.6) is 0 Å². The number of hydrogen-bond donors (Lipinski definition) is 1. The lowest BCUT2D eigenvalue weighted by molar-refractivity contribution is -0.156. The number of likely N-dealkylation sites (N-methyl/N-ethyl adjacent to an activating group) is 1. The normalized spacial score (nSPS) is 11.5. The van der Waals surface area contributed by atoms with Crippen LogP contribution in [0.3, 0.4) is 0 Å². The van der Waals surface area contributed by atoms with E-state index < -0.39 is 11.5 Å². The second kappa shape index (κ2) is 5.64. The number of carbonyl (C=O) groups is 2. The summed E-state index contributed by atoms with van der Waals surface area (Å²) in [5.41, 5.74) is 1.40. The van der Waals surface area contributed by atoms with Crippen molar-refractivity contribution in [3.63, 3.8) is 0 Å². The van der Waals surface area contributed by atoms with Crippen molar-refractivity contribution in [1.29, 1.82) is 0 Å². The van der Waals surface area contributed by atoms with Crippen molar-refractivity contribution in [2.45, 2.75) is 46.6 Å². The van der Waals surface area contributed by atoms with Crippen molar-refractivity contribution in [2.24, 2.45) is 7.05 Å². The summed E-state index contributed by atoms with van der Waals surface area (Å²) in [4.78, 5) is 25.1. The van der Waals surface area contributed by atoms with Gasteiger partial charge in [-0.25, -0.2) is 4.79 Å². The van der Waals surface area contributed by atoms with E-state index >= 15 is 0 Å². The number of rotatable bonds is 5. The van der Waals surface area contributed by atoms with E-state index in [9.17, 15) is 14.7 Å². The van der Waals surface area contributed by atoms with Gasteiger partial charge in [0, 0.05) is 24.8 Å². The molecular weight excluding hydrogens is 258 g/mol. The van der Waals surface area contributed by atoms with E-state index in [0.717, 1.165) is 17.0 Å². The molecule has 0 radical (unpaired) electrons. The van der Waals surface area contributed by atoms with E-state index in [4.69, 9.17) is 0 Å². The van der Waals surface area contributed by atoms with Crippen LogP contribution in [-0.2, 0) is 23.1 Å². The van der Waals surface area contributed by atoms with Crippen LogP contribution in [0.4, 0.5) is 0 Å². The van der Waals surface area contributed by atoms with Crippen molar-refractivity contribution in [2.75, 3.05) is 6.54 Å². The number of carboxylic acids is 1. The van der Waals surface area contributed by atoms with Crippen molar-refractivity contribution in [3.8, 4) is 0 Å². The molecule has 0 aliphatic carbocycles. The standard InChI is InChI=1S/C14H23N3O3/c1-7-17(14(4,5)13(19)20)12(18)8-11-9(2)15-16(6)10(11)3/h7-8H2,1-6H3,(H,19,20). The lowest BCUT2D eigenvalue weighted by Crippen LogP contribution is -2.53. The van der Waals surface area contributed by atoms with Gasteiger partial charge in [0.05, 0.1) is 12.1 Å². The Labute approximate surface area is 119 Å². The zero-order valence-corrected chi connectivity index (χ0v) is 13.0. The molecule has 1 aromatic heterocycles.